The van der Waals surface area contributed by atoms with Crippen LogP contribution in [0.4, 0.5) is 11.5 Å². The molecule has 3 aromatic carbocycles. The Balaban J connectivity index is 1.46. The number of phenols is 1. The van der Waals surface area contributed by atoms with Crippen LogP contribution in [-0.2, 0) is 36.9 Å². The van der Waals surface area contributed by atoms with E-state index in [0.717, 1.165) is 53.2 Å². The zero-order valence-corrected chi connectivity index (χ0v) is 18.8. The predicted octanol–water partition coefficient (Wildman–Crippen LogP) is 4.50. The molecule has 1 aliphatic carbocycles. The van der Waals surface area contributed by atoms with Crippen molar-refractivity contribution in [1.82, 2.24) is 9.97 Å². The van der Waals surface area contributed by atoms with Crippen molar-refractivity contribution in [1.29, 1.82) is 0 Å². The first kappa shape index (κ1) is 21.6. The number of nitrogens with zero attached hydrogens (tertiary/aromatic N) is 2. The third-order valence-corrected chi connectivity index (χ3v) is 6.11. The molecule has 1 aromatic heterocycles. The number of phenolic OH excluding ortho intramolecular Hbond substituents is 1. The molecule has 170 valence electrons. The fourth-order valence-corrected chi connectivity index (χ4v) is 4.36. The fraction of sp³-hybridized carbons (Fsp3) is 0.179. The number of nitrogen functional groups attached to an aromatic ring is 1. The Kier molecular flexibility index (Phi) is 5.95. The van der Waals surface area contributed by atoms with Crippen molar-refractivity contribution in [2.24, 2.45) is 0 Å². The summed E-state index contributed by atoms with van der Waals surface area (Å²) in [5.74, 6) is 0.539. The van der Waals surface area contributed by atoms with E-state index in [1.165, 1.54) is 11.1 Å². The first-order chi connectivity index (χ1) is 16.5. The lowest BCUT2D eigenvalue weighted by Crippen LogP contribution is -2.20. The third-order valence-electron chi connectivity index (χ3n) is 6.11. The number of amides is 1. The maximum Gasteiger partial charge on any atom is 0.229 e. The second kappa shape index (κ2) is 9.35. The van der Waals surface area contributed by atoms with Crippen molar-refractivity contribution < 1.29 is 9.90 Å². The summed E-state index contributed by atoms with van der Waals surface area (Å²) < 4.78 is 0. The van der Waals surface area contributed by atoms with Crippen LogP contribution in [0.3, 0.4) is 0 Å². The highest BCUT2D eigenvalue weighted by Gasteiger charge is 2.22. The second-order valence-electron chi connectivity index (χ2n) is 8.61. The number of aryl methyl sites for hydroxylation is 4. The maximum atomic E-state index is 12.8. The molecule has 4 aromatic rings. The van der Waals surface area contributed by atoms with E-state index in [9.17, 15) is 9.90 Å². The monoisotopic (exact) mass is 450 g/mol. The summed E-state index contributed by atoms with van der Waals surface area (Å²) in [5.41, 5.74) is 13.5. The lowest BCUT2D eigenvalue weighted by Gasteiger charge is -2.21. The molecule has 0 bridgehead atoms. The highest BCUT2D eigenvalue weighted by atomic mass is 16.3. The van der Waals surface area contributed by atoms with E-state index in [2.05, 4.69) is 17.4 Å². The lowest BCUT2D eigenvalue weighted by molar-refractivity contribution is -0.115. The summed E-state index contributed by atoms with van der Waals surface area (Å²) in [6.07, 6.45) is 3.23. The number of fused-ring (bicyclic) bond motifs is 3. The van der Waals surface area contributed by atoms with E-state index in [0.29, 0.717) is 12.2 Å². The summed E-state index contributed by atoms with van der Waals surface area (Å²) in [6.45, 7) is 0. The number of carbonyl (C=O) groups is 1. The molecule has 0 saturated heterocycles. The second-order valence-corrected chi connectivity index (χ2v) is 8.61. The largest absolute Gasteiger partial charge is 0.508 e. The van der Waals surface area contributed by atoms with Crippen molar-refractivity contribution in [3.63, 3.8) is 0 Å². The van der Waals surface area contributed by atoms with Crippen LogP contribution >= 0.6 is 0 Å². The van der Waals surface area contributed by atoms with Crippen LogP contribution in [0.25, 0.3) is 11.3 Å². The van der Waals surface area contributed by atoms with E-state index in [1.54, 1.807) is 24.3 Å². The Morgan fingerprint density at radius 3 is 2.50 bits per heavy atom. The molecule has 0 radical (unpaired) electrons. The Hall–Kier alpha value is -4.19. The molecule has 0 saturated carbocycles. The Morgan fingerprint density at radius 2 is 1.71 bits per heavy atom. The molecule has 1 aliphatic rings. The molecule has 4 N–H and O–H groups in total. The highest BCUT2D eigenvalue weighted by Crippen LogP contribution is 2.34. The smallest absolute Gasteiger partial charge is 0.229 e. The number of rotatable bonds is 6. The van der Waals surface area contributed by atoms with Crippen molar-refractivity contribution in [2.75, 3.05) is 11.1 Å². The number of hydrogen-bond donors (Lipinski definition) is 3. The average Bonchev–Trinajstić information content (AvgIpc) is 2.84. The third kappa shape index (κ3) is 4.76. The van der Waals surface area contributed by atoms with Gasteiger partial charge < -0.3 is 16.2 Å². The van der Waals surface area contributed by atoms with Gasteiger partial charge in [0, 0.05) is 11.3 Å². The number of aromatic hydroxyl groups is 1. The standard InChI is InChI=1S/C28H26N4O2/c29-21-10-13-23-20(17-21)9-15-24-27(23)30-25(14-8-18-4-2-1-3-5-18)28(31-24)32-26(34)16-19-6-11-22(33)12-7-19/h1-7,10-13,17,33H,8-9,14-16,29H2,(H,31,32,34). The number of benzene rings is 3. The van der Waals surface area contributed by atoms with Crippen LogP contribution in [-0.4, -0.2) is 21.0 Å². The molecule has 1 heterocycles. The highest BCUT2D eigenvalue weighted by molar-refractivity contribution is 5.92. The zero-order chi connectivity index (χ0) is 23.5. The minimum Gasteiger partial charge on any atom is -0.508 e. The molecule has 0 aliphatic heterocycles. The van der Waals surface area contributed by atoms with Crippen LogP contribution in [0.2, 0.25) is 0 Å². The summed E-state index contributed by atoms with van der Waals surface area (Å²) >= 11 is 0. The number of nitrogens with one attached hydrogen (secondary N) is 1. The van der Waals surface area contributed by atoms with Crippen molar-refractivity contribution in [3.05, 3.63) is 101 Å². The minimum absolute atomic E-state index is 0.162. The molecular weight excluding hydrogens is 424 g/mol. The van der Waals surface area contributed by atoms with Gasteiger partial charge in [-0.15, -0.1) is 0 Å². The van der Waals surface area contributed by atoms with E-state index in [4.69, 9.17) is 15.7 Å². The molecular formula is C28H26N4O2. The van der Waals surface area contributed by atoms with Crippen LogP contribution in [0, 0.1) is 0 Å². The number of hydrogen-bond acceptors (Lipinski definition) is 5. The maximum absolute atomic E-state index is 12.8. The van der Waals surface area contributed by atoms with Gasteiger partial charge in [0.25, 0.3) is 0 Å². The minimum atomic E-state index is -0.162. The molecule has 0 unspecified atom stereocenters. The van der Waals surface area contributed by atoms with Gasteiger partial charge in [0.2, 0.25) is 5.91 Å². The number of anilines is 2. The Morgan fingerprint density at radius 1 is 0.912 bits per heavy atom. The Labute approximate surface area is 198 Å². The molecule has 6 heteroatoms. The van der Waals surface area contributed by atoms with Gasteiger partial charge >= 0.3 is 0 Å². The van der Waals surface area contributed by atoms with Gasteiger partial charge in [-0.1, -0.05) is 48.5 Å². The van der Waals surface area contributed by atoms with Crippen LogP contribution in [0.5, 0.6) is 5.75 Å². The molecule has 0 atom stereocenters. The number of nitrogens with two attached hydrogens (primary N) is 1. The van der Waals surface area contributed by atoms with E-state index >= 15 is 0 Å². The van der Waals surface area contributed by atoms with Gasteiger partial charge in [-0.25, -0.2) is 9.97 Å². The van der Waals surface area contributed by atoms with Gasteiger partial charge in [0.05, 0.1) is 23.5 Å². The molecule has 0 spiro atoms. The first-order valence-corrected chi connectivity index (χ1v) is 11.5. The Bertz CT molecular complexity index is 1330. The van der Waals surface area contributed by atoms with Gasteiger partial charge in [-0.2, -0.15) is 0 Å². The number of carbonyl (C=O) groups excluding carboxylic acids is 1. The van der Waals surface area contributed by atoms with Crippen molar-refractivity contribution in [2.45, 2.75) is 32.1 Å². The van der Waals surface area contributed by atoms with Gasteiger partial charge in [0.1, 0.15) is 5.75 Å². The number of aromatic nitrogens is 2. The molecule has 6 nitrogen and oxygen atoms in total. The van der Waals surface area contributed by atoms with Crippen LogP contribution < -0.4 is 11.1 Å². The summed E-state index contributed by atoms with van der Waals surface area (Å²) in [5, 5.41) is 12.5. The van der Waals surface area contributed by atoms with E-state index in [1.807, 2.05) is 36.4 Å². The first-order valence-electron chi connectivity index (χ1n) is 11.5. The predicted molar refractivity (Wildman–Crippen MR) is 134 cm³/mol. The fourth-order valence-electron chi connectivity index (χ4n) is 4.36. The van der Waals surface area contributed by atoms with Crippen LogP contribution in [0.1, 0.15) is 28.1 Å². The van der Waals surface area contributed by atoms with Crippen molar-refractivity contribution in [3.8, 4) is 17.0 Å². The zero-order valence-electron chi connectivity index (χ0n) is 18.8. The van der Waals surface area contributed by atoms with E-state index in [-0.39, 0.29) is 18.1 Å². The van der Waals surface area contributed by atoms with Gasteiger partial charge in [-0.05, 0) is 66.6 Å². The van der Waals surface area contributed by atoms with Crippen molar-refractivity contribution >= 4 is 17.4 Å². The van der Waals surface area contributed by atoms with E-state index < -0.39 is 0 Å². The summed E-state index contributed by atoms with van der Waals surface area (Å²) in [7, 11) is 0. The molecule has 1 amide bonds. The average molecular weight is 451 g/mol. The quantitative estimate of drug-likeness (QED) is 0.376. The summed E-state index contributed by atoms with van der Waals surface area (Å²) in [4.78, 5) is 22.7. The SMILES string of the molecule is Nc1ccc2c(c1)CCc1nc(NC(=O)Cc3ccc(O)cc3)c(CCc3ccccc3)nc1-2. The normalized spacial score (nSPS) is 12.0. The molecule has 34 heavy (non-hydrogen) atoms. The van der Waals surface area contributed by atoms with Crippen LogP contribution in [0.15, 0.2) is 72.8 Å². The summed E-state index contributed by atoms with van der Waals surface area (Å²) in [6, 6.07) is 22.8. The van der Waals surface area contributed by atoms with Gasteiger partial charge in [-0.3, -0.25) is 4.79 Å². The molecule has 0 fully saturated rings. The lowest BCUT2D eigenvalue weighted by atomic mass is 9.91. The molecule has 5 rings (SSSR count). The van der Waals surface area contributed by atoms with Gasteiger partial charge in [0.15, 0.2) is 5.82 Å². The topological polar surface area (TPSA) is 101 Å².